The Hall–Kier alpha value is -2.86. The maximum absolute atomic E-state index is 12.6. The number of carbonyl (C=O) groups excluding carboxylic acids is 1. The Bertz CT molecular complexity index is 835. The summed E-state index contributed by atoms with van der Waals surface area (Å²) in [6, 6.07) is 14.9. The van der Waals surface area contributed by atoms with Crippen LogP contribution in [-0.4, -0.2) is 60.1 Å². The van der Waals surface area contributed by atoms with E-state index in [9.17, 15) is 9.59 Å². The smallest absolute Gasteiger partial charge is 0.335 e. The van der Waals surface area contributed by atoms with E-state index in [2.05, 4.69) is 4.90 Å². The van der Waals surface area contributed by atoms with Crippen LogP contribution in [0.25, 0.3) is 0 Å². The van der Waals surface area contributed by atoms with Crippen molar-refractivity contribution in [1.82, 2.24) is 9.80 Å². The lowest BCUT2D eigenvalue weighted by atomic mass is 10.1. The van der Waals surface area contributed by atoms with Gasteiger partial charge < -0.3 is 14.7 Å². The van der Waals surface area contributed by atoms with Gasteiger partial charge in [-0.25, -0.2) is 4.79 Å². The quantitative estimate of drug-likeness (QED) is 0.779. The maximum Gasteiger partial charge on any atom is 0.335 e. The number of rotatable bonds is 7. The van der Waals surface area contributed by atoms with E-state index in [0.717, 1.165) is 49.4 Å². The minimum atomic E-state index is -0.906. The van der Waals surface area contributed by atoms with Gasteiger partial charge in [-0.05, 0) is 48.2 Å². The van der Waals surface area contributed by atoms with Crippen molar-refractivity contribution in [2.24, 2.45) is 0 Å². The fourth-order valence-electron chi connectivity index (χ4n) is 3.64. The molecule has 0 spiro atoms. The predicted molar refractivity (Wildman–Crippen MR) is 111 cm³/mol. The van der Waals surface area contributed by atoms with Crippen molar-refractivity contribution in [3.8, 4) is 5.75 Å². The molecule has 0 saturated carbocycles. The molecule has 1 aliphatic rings. The van der Waals surface area contributed by atoms with Crippen LogP contribution >= 0.6 is 0 Å². The SMILES string of the molecule is COc1ccc(CCC(=O)N2CCCN(Cc3cccc(C(=O)O)c3)CC2)cc1. The van der Waals surface area contributed by atoms with Crippen molar-refractivity contribution < 1.29 is 19.4 Å². The first-order chi connectivity index (χ1) is 14.0. The largest absolute Gasteiger partial charge is 0.497 e. The molecule has 29 heavy (non-hydrogen) atoms. The van der Waals surface area contributed by atoms with E-state index < -0.39 is 5.97 Å². The first-order valence-corrected chi connectivity index (χ1v) is 10.0. The van der Waals surface area contributed by atoms with Gasteiger partial charge in [0.1, 0.15) is 5.75 Å². The van der Waals surface area contributed by atoms with Gasteiger partial charge in [0.05, 0.1) is 12.7 Å². The zero-order chi connectivity index (χ0) is 20.6. The molecule has 1 amide bonds. The van der Waals surface area contributed by atoms with Crippen LogP contribution in [-0.2, 0) is 17.8 Å². The topological polar surface area (TPSA) is 70.1 Å². The average molecular weight is 396 g/mol. The third-order valence-corrected chi connectivity index (χ3v) is 5.31. The second kappa shape index (κ2) is 10.1. The first kappa shape index (κ1) is 20.9. The average Bonchev–Trinajstić information content (AvgIpc) is 2.98. The van der Waals surface area contributed by atoms with Crippen molar-refractivity contribution in [2.75, 3.05) is 33.3 Å². The molecule has 1 N–H and O–H groups in total. The number of carboxylic acid groups (broad SMARTS) is 1. The summed E-state index contributed by atoms with van der Waals surface area (Å²) in [4.78, 5) is 28.0. The molecular weight excluding hydrogens is 368 g/mol. The van der Waals surface area contributed by atoms with Gasteiger partial charge >= 0.3 is 5.97 Å². The molecule has 6 nitrogen and oxygen atoms in total. The van der Waals surface area contributed by atoms with Crippen LogP contribution in [0.3, 0.4) is 0 Å². The number of carboxylic acids is 1. The monoisotopic (exact) mass is 396 g/mol. The van der Waals surface area contributed by atoms with E-state index in [1.807, 2.05) is 35.2 Å². The maximum atomic E-state index is 12.6. The van der Waals surface area contributed by atoms with E-state index in [4.69, 9.17) is 9.84 Å². The molecule has 1 heterocycles. The lowest BCUT2D eigenvalue weighted by molar-refractivity contribution is -0.131. The number of hydrogen-bond acceptors (Lipinski definition) is 4. The molecular formula is C23H28N2O4. The minimum Gasteiger partial charge on any atom is -0.497 e. The lowest BCUT2D eigenvalue weighted by Gasteiger charge is -2.22. The van der Waals surface area contributed by atoms with Gasteiger partial charge in [0.25, 0.3) is 0 Å². The molecule has 1 fully saturated rings. The van der Waals surface area contributed by atoms with Crippen LogP contribution in [0.5, 0.6) is 5.75 Å². The second-order valence-corrected chi connectivity index (χ2v) is 7.36. The molecule has 0 aliphatic carbocycles. The summed E-state index contributed by atoms with van der Waals surface area (Å²) in [5.74, 6) is 0.105. The zero-order valence-corrected chi connectivity index (χ0v) is 16.8. The molecule has 0 unspecified atom stereocenters. The van der Waals surface area contributed by atoms with Crippen molar-refractivity contribution in [1.29, 1.82) is 0 Å². The van der Waals surface area contributed by atoms with Gasteiger partial charge in [-0.15, -0.1) is 0 Å². The number of ether oxygens (including phenoxy) is 1. The van der Waals surface area contributed by atoms with Gasteiger partial charge in [-0.3, -0.25) is 9.69 Å². The van der Waals surface area contributed by atoms with E-state index >= 15 is 0 Å². The van der Waals surface area contributed by atoms with Gasteiger partial charge in [0, 0.05) is 39.1 Å². The third kappa shape index (κ3) is 6.06. The Balaban J connectivity index is 1.49. The standard InChI is InChI=1S/C23H28N2O4/c1-29-21-9-6-18(7-10-21)8-11-22(26)25-13-3-12-24(14-15-25)17-19-4-2-5-20(16-19)23(27)28/h2,4-7,9-10,16H,3,8,11-15,17H2,1H3,(H,27,28). The number of carbonyl (C=O) groups is 2. The fourth-order valence-corrected chi connectivity index (χ4v) is 3.64. The van der Waals surface area contributed by atoms with E-state index in [1.165, 1.54) is 0 Å². The van der Waals surface area contributed by atoms with Crippen molar-refractivity contribution in [3.05, 3.63) is 65.2 Å². The molecule has 1 aliphatic heterocycles. The Morgan fingerprint density at radius 3 is 2.52 bits per heavy atom. The Kier molecular flexibility index (Phi) is 7.25. The lowest BCUT2D eigenvalue weighted by Crippen LogP contribution is -2.35. The highest BCUT2D eigenvalue weighted by Gasteiger charge is 2.19. The molecule has 2 aromatic rings. The number of aromatic carboxylic acids is 1. The number of hydrogen-bond donors (Lipinski definition) is 1. The highest BCUT2D eigenvalue weighted by atomic mass is 16.5. The molecule has 0 bridgehead atoms. The zero-order valence-electron chi connectivity index (χ0n) is 16.8. The summed E-state index contributed by atoms with van der Waals surface area (Å²) < 4.78 is 5.17. The highest BCUT2D eigenvalue weighted by Crippen LogP contribution is 2.15. The first-order valence-electron chi connectivity index (χ1n) is 10.0. The summed E-state index contributed by atoms with van der Waals surface area (Å²) in [5.41, 5.74) is 2.44. The molecule has 0 atom stereocenters. The predicted octanol–water partition coefficient (Wildman–Crippen LogP) is 3.06. The summed E-state index contributed by atoms with van der Waals surface area (Å²) in [6.07, 6.45) is 2.16. The summed E-state index contributed by atoms with van der Waals surface area (Å²) >= 11 is 0. The van der Waals surface area contributed by atoms with Crippen molar-refractivity contribution >= 4 is 11.9 Å². The second-order valence-electron chi connectivity index (χ2n) is 7.36. The van der Waals surface area contributed by atoms with Gasteiger partial charge in [0.2, 0.25) is 5.91 Å². The summed E-state index contributed by atoms with van der Waals surface area (Å²) in [5, 5.41) is 9.15. The molecule has 1 saturated heterocycles. The van der Waals surface area contributed by atoms with Crippen LogP contribution in [0.2, 0.25) is 0 Å². The highest BCUT2D eigenvalue weighted by molar-refractivity contribution is 5.87. The summed E-state index contributed by atoms with van der Waals surface area (Å²) in [7, 11) is 1.64. The Labute approximate surface area is 171 Å². The van der Waals surface area contributed by atoms with Crippen LogP contribution in [0, 0.1) is 0 Å². The van der Waals surface area contributed by atoms with Crippen molar-refractivity contribution in [2.45, 2.75) is 25.8 Å². The van der Waals surface area contributed by atoms with Crippen LogP contribution in [0.15, 0.2) is 48.5 Å². The number of nitrogens with zero attached hydrogens (tertiary/aromatic N) is 2. The van der Waals surface area contributed by atoms with Crippen LogP contribution < -0.4 is 4.74 Å². The number of benzene rings is 2. The van der Waals surface area contributed by atoms with E-state index in [-0.39, 0.29) is 5.91 Å². The molecule has 0 radical (unpaired) electrons. The van der Waals surface area contributed by atoms with Crippen LogP contribution in [0.1, 0.15) is 34.3 Å². The van der Waals surface area contributed by atoms with Crippen LogP contribution in [0.4, 0.5) is 0 Å². The van der Waals surface area contributed by atoms with Gasteiger partial charge in [-0.1, -0.05) is 24.3 Å². The van der Waals surface area contributed by atoms with E-state index in [1.54, 1.807) is 25.3 Å². The number of aryl methyl sites for hydroxylation is 1. The molecule has 6 heteroatoms. The van der Waals surface area contributed by atoms with Crippen molar-refractivity contribution in [3.63, 3.8) is 0 Å². The third-order valence-electron chi connectivity index (χ3n) is 5.31. The number of amides is 1. The Morgan fingerprint density at radius 1 is 1.00 bits per heavy atom. The molecule has 154 valence electrons. The molecule has 2 aromatic carbocycles. The van der Waals surface area contributed by atoms with E-state index in [0.29, 0.717) is 25.1 Å². The molecule has 0 aromatic heterocycles. The Morgan fingerprint density at radius 2 is 1.79 bits per heavy atom. The van der Waals surface area contributed by atoms with Gasteiger partial charge in [0.15, 0.2) is 0 Å². The number of methoxy groups -OCH3 is 1. The fraction of sp³-hybridized carbons (Fsp3) is 0.391. The summed E-state index contributed by atoms with van der Waals surface area (Å²) in [6.45, 7) is 3.88. The molecule has 3 rings (SSSR count). The normalized spacial score (nSPS) is 15.0. The minimum absolute atomic E-state index is 0.190. The van der Waals surface area contributed by atoms with Gasteiger partial charge in [-0.2, -0.15) is 0 Å².